The Morgan fingerprint density at radius 2 is 1.54 bits per heavy atom. The number of aromatic nitrogens is 4. The summed E-state index contributed by atoms with van der Waals surface area (Å²) in [4.78, 5) is 37.8. The molecule has 2 aromatic heterocycles. The predicted octanol–water partition coefficient (Wildman–Crippen LogP) is 9.49. The number of rotatable bonds is 12. The van der Waals surface area contributed by atoms with E-state index in [1.807, 2.05) is 0 Å². The number of ether oxygens (including phenoxy) is 4. The van der Waals surface area contributed by atoms with Gasteiger partial charge >= 0.3 is 24.2 Å². The van der Waals surface area contributed by atoms with Gasteiger partial charge < -0.3 is 24.1 Å². The molecule has 6 rings (SSSR count). The third-order valence-corrected chi connectivity index (χ3v) is 9.62. The number of alkyl halides is 2. The average Bonchev–Trinajstić information content (AvgIpc) is 3.50. The molecule has 1 unspecified atom stereocenters. The van der Waals surface area contributed by atoms with E-state index in [2.05, 4.69) is 19.5 Å². The quantitative estimate of drug-likeness (QED) is 0.111. The van der Waals surface area contributed by atoms with Crippen LogP contribution in [0.15, 0.2) is 89.9 Å². The van der Waals surface area contributed by atoms with E-state index in [4.69, 9.17) is 77.3 Å². The fourth-order valence-electron chi connectivity index (χ4n) is 4.89. The molecule has 2 heterocycles. The van der Waals surface area contributed by atoms with Gasteiger partial charge in [0.15, 0.2) is 12.7 Å². The van der Waals surface area contributed by atoms with E-state index >= 15 is 0 Å². The first-order valence-electron chi connectivity index (χ1n) is 17.0. The second-order valence-electron chi connectivity index (χ2n) is 12.1. The first kappa shape index (κ1) is 48.3. The highest BCUT2D eigenvalue weighted by Crippen LogP contribution is 2.34. The van der Waals surface area contributed by atoms with Crippen molar-refractivity contribution in [1.29, 1.82) is 0 Å². The van der Waals surface area contributed by atoms with Crippen molar-refractivity contribution in [3.63, 3.8) is 0 Å². The number of aryl methyl sites for hydroxylation is 1. The molecule has 0 spiro atoms. The van der Waals surface area contributed by atoms with E-state index < -0.39 is 46.9 Å². The van der Waals surface area contributed by atoms with Crippen molar-refractivity contribution >= 4 is 96.6 Å². The van der Waals surface area contributed by atoms with Crippen molar-refractivity contribution in [2.45, 2.75) is 26.5 Å². The van der Waals surface area contributed by atoms with Crippen LogP contribution >= 0.6 is 58.0 Å². The number of fused-ring (bicyclic) bond motifs is 1. The minimum absolute atomic E-state index is 0.0257. The van der Waals surface area contributed by atoms with E-state index in [9.17, 15) is 31.6 Å². The summed E-state index contributed by atoms with van der Waals surface area (Å²) >= 11 is 29.7. The van der Waals surface area contributed by atoms with Gasteiger partial charge in [0, 0.05) is 16.6 Å². The third kappa shape index (κ3) is 13.6. The number of pyridine rings is 1. The second kappa shape index (κ2) is 21.4. The molecule has 0 radical (unpaired) electrons. The van der Waals surface area contributed by atoms with Crippen LogP contribution in [0.4, 0.5) is 14.5 Å². The van der Waals surface area contributed by atoms with Crippen LogP contribution in [-0.2, 0) is 24.3 Å². The number of methoxy groups -OCH3 is 1. The number of carboxylic acid groups (broad SMARTS) is 1. The maximum absolute atomic E-state index is 12.8. The van der Waals surface area contributed by atoms with Gasteiger partial charge in [-0.3, -0.25) is 9.71 Å². The summed E-state index contributed by atoms with van der Waals surface area (Å²) in [5, 5.41) is 14.4. The van der Waals surface area contributed by atoms with Crippen LogP contribution < -0.4 is 24.6 Å². The van der Waals surface area contributed by atoms with Crippen molar-refractivity contribution in [2.75, 3.05) is 24.7 Å². The van der Waals surface area contributed by atoms with Gasteiger partial charge in [-0.25, -0.2) is 27.4 Å². The molecular formula is C38H32Cl5F2N5O10S. The number of nitrogens with zero attached hydrogens (tertiary/aromatic N) is 4. The zero-order valence-electron chi connectivity index (χ0n) is 31.9. The monoisotopic (exact) mass is 963 g/mol. The van der Waals surface area contributed by atoms with Crippen molar-refractivity contribution < 1.29 is 50.8 Å². The highest BCUT2D eigenvalue weighted by atomic mass is 35.5. The minimum Gasteiger partial charge on any atom is -0.480 e. The van der Waals surface area contributed by atoms with E-state index in [0.717, 1.165) is 17.7 Å². The molecule has 0 saturated carbocycles. The molecule has 6 aromatic rings. The Morgan fingerprint density at radius 1 is 0.885 bits per heavy atom. The number of sulfonamides is 1. The summed E-state index contributed by atoms with van der Waals surface area (Å²) in [6.07, 6.45) is 1.83. The molecule has 0 aliphatic heterocycles. The van der Waals surface area contributed by atoms with Gasteiger partial charge in [-0.15, -0.1) is 5.10 Å². The highest BCUT2D eigenvalue weighted by Gasteiger charge is 2.21. The fraction of sp³-hybridized carbons (Fsp3) is 0.184. The molecule has 4 aromatic carbocycles. The molecule has 0 amide bonds. The van der Waals surface area contributed by atoms with E-state index in [0.29, 0.717) is 48.3 Å². The van der Waals surface area contributed by atoms with Crippen LogP contribution in [0.3, 0.4) is 0 Å². The molecule has 0 bridgehead atoms. The molecular weight excluding hydrogens is 934 g/mol. The van der Waals surface area contributed by atoms with Gasteiger partial charge in [0.2, 0.25) is 10.0 Å². The topological polar surface area (TPSA) is 190 Å². The first-order valence-corrected chi connectivity index (χ1v) is 20.8. The molecule has 0 fully saturated rings. The number of benzene rings is 4. The number of aliphatic carboxylic acids is 1. The fourth-order valence-corrected chi connectivity index (χ4v) is 6.69. The van der Waals surface area contributed by atoms with Gasteiger partial charge in [-0.2, -0.15) is 13.5 Å². The van der Waals surface area contributed by atoms with Gasteiger partial charge in [-0.05, 0) is 92.7 Å². The van der Waals surface area contributed by atoms with Crippen molar-refractivity contribution in [1.82, 2.24) is 19.3 Å². The Kier molecular flexibility index (Phi) is 17.0. The lowest BCUT2D eigenvalue weighted by Crippen LogP contribution is -2.25. The van der Waals surface area contributed by atoms with Crippen LogP contribution in [0.1, 0.15) is 19.3 Å². The number of nitrogens with one attached hydrogen (secondary N) is 1. The van der Waals surface area contributed by atoms with Crippen LogP contribution in [-0.4, -0.2) is 70.9 Å². The second-order valence-corrected chi connectivity index (χ2v) is 15.9. The third-order valence-electron chi connectivity index (χ3n) is 7.56. The molecule has 0 aliphatic carbocycles. The summed E-state index contributed by atoms with van der Waals surface area (Å²) < 4.78 is 72.1. The number of carbonyl (C=O) groups is 2. The molecule has 0 saturated heterocycles. The SMILES string of the molecule is COC(=O)C(C)Oc1ccc(Oc2ccc(Cl)cc2Cl)cc1.Cc1nn(-c2cc(NS(C)(=O)=O)c(Cl)cc2Cl)c(=O)n1C(F)F.O=C(O)COc1ccc(Cl)c2cccnc12. The number of carboxylic acids is 1. The van der Waals surface area contributed by atoms with Gasteiger partial charge in [-0.1, -0.05) is 58.0 Å². The molecule has 324 valence electrons. The maximum Gasteiger partial charge on any atom is 0.355 e. The van der Waals surface area contributed by atoms with Crippen LogP contribution in [0.5, 0.6) is 23.0 Å². The Hall–Kier alpha value is -5.37. The van der Waals surface area contributed by atoms with Gasteiger partial charge in [0.05, 0.1) is 44.8 Å². The van der Waals surface area contributed by atoms with Crippen molar-refractivity contribution in [3.05, 3.63) is 126 Å². The zero-order valence-corrected chi connectivity index (χ0v) is 36.5. The number of halogens is 7. The Morgan fingerprint density at radius 3 is 2.13 bits per heavy atom. The molecule has 2 N–H and O–H groups in total. The highest BCUT2D eigenvalue weighted by molar-refractivity contribution is 7.92. The Balaban J connectivity index is 0.000000205. The van der Waals surface area contributed by atoms with Crippen LogP contribution in [0.2, 0.25) is 25.1 Å². The van der Waals surface area contributed by atoms with Gasteiger partial charge in [0.1, 0.15) is 34.3 Å². The summed E-state index contributed by atoms with van der Waals surface area (Å²) in [5.74, 6) is 0.348. The number of anilines is 1. The predicted molar refractivity (Wildman–Crippen MR) is 227 cm³/mol. The lowest BCUT2D eigenvalue weighted by atomic mass is 10.2. The Labute approximate surface area is 371 Å². The summed E-state index contributed by atoms with van der Waals surface area (Å²) in [6.45, 7) is -0.628. The summed E-state index contributed by atoms with van der Waals surface area (Å²) in [6, 6.07) is 20.9. The average molecular weight is 966 g/mol. The number of hydrogen-bond acceptors (Lipinski definition) is 11. The summed E-state index contributed by atoms with van der Waals surface area (Å²) in [7, 11) is -2.33. The molecule has 15 nitrogen and oxygen atoms in total. The number of carbonyl (C=O) groups excluding carboxylic acids is 1. The van der Waals surface area contributed by atoms with E-state index in [1.54, 1.807) is 79.9 Å². The maximum atomic E-state index is 12.8. The van der Waals surface area contributed by atoms with Crippen LogP contribution in [0.25, 0.3) is 16.6 Å². The molecule has 23 heteroatoms. The first-order chi connectivity index (χ1) is 28.7. The summed E-state index contributed by atoms with van der Waals surface area (Å²) in [5.41, 5.74) is -0.706. The lowest BCUT2D eigenvalue weighted by molar-refractivity contribution is -0.148. The Bertz CT molecular complexity index is 2710. The standard InChI is InChI=1S/C16H14Cl2O4.C11H10Cl2F2N4O3S.C11H8ClNO3/c1-10(16(19)20-2)21-12-4-6-13(7-5-12)22-15-8-3-11(17)9-14(15)18;1-5-16-19(11(20)18(5)10(14)15)9-4-8(17-23(2,21)22)6(12)3-7(9)13;12-8-3-4-9(16-6-10(14)15)11-7(8)2-1-5-13-11/h3-10H,1-2H3;3-4,10,17H,1-2H3;1-5H,6H2,(H,14,15). The zero-order chi connectivity index (χ0) is 45.2. The number of hydrogen-bond donors (Lipinski definition) is 2. The van der Waals surface area contributed by atoms with Gasteiger partial charge in [0.25, 0.3) is 0 Å². The lowest BCUT2D eigenvalue weighted by Gasteiger charge is -2.13. The molecule has 0 aliphatic rings. The van der Waals surface area contributed by atoms with E-state index in [1.165, 1.54) is 20.1 Å². The largest absolute Gasteiger partial charge is 0.480 e. The van der Waals surface area contributed by atoms with E-state index in [-0.39, 0.29) is 31.8 Å². The van der Waals surface area contributed by atoms with Crippen LogP contribution in [0, 0.1) is 6.92 Å². The minimum atomic E-state index is -3.65. The molecule has 61 heavy (non-hydrogen) atoms. The molecule has 1 atom stereocenters. The van der Waals surface area contributed by atoms with Crippen molar-refractivity contribution in [2.24, 2.45) is 0 Å². The normalized spacial score (nSPS) is 11.4. The number of esters is 1. The van der Waals surface area contributed by atoms with Crippen molar-refractivity contribution in [3.8, 4) is 28.7 Å². The smallest absolute Gasteiger partial charge is 0.355 e.